The topological polar surface area (TPSA) is 128 Å². The first-order chi connectivity index (χ1) is 11.0. The van der Waals surface area contributed by atoms with Crippen LogP contribution in [0.3, 0.4) is 0 Å². The van der Waals surface area contributed by atoms with E-state index in [-0.39, 0.29) is 24.9 Å². The second kappa shape index (κ2) is 11.4. The van der Waals surface area contributed by atoms with Crippen molar-refractivity contribution in [2.75, 3.05) is 19.6 Å². The molecule has 0 aromatic carbocycles. The molecule has 1 rings (SSSR count). The number of carbonyl (C=O) groups excluding carboxylic acids is 4. The zero-order valence-electron chi connectivity index (χ0n) is 13.8. The van der Waals surface area contributed by atoms with E-state index < -0.39 is 17.9 Å². The van der Waals surface area contributed by atoms with Gasteiger partial charge in [0.15, 0.2) is 0 Å². The molecule has 0 bridgehead atoms. The highest BCUT2D eigenvalue weighted by molar-refractivity contribution is 5.91. The van der Waals surface area contributed by atoms with E-state index in [0.29, 0.717) is 19.4 Å². The third-order valence-electron chi connectivity index (χ3n) is 3.17. The third kappa shape index (κ3) is 7.09. The predicted octanol–water partition coefficient (Wildman–Crippen LogP) is -0.849. The largest absolute Gasteiger partial charge is 0.345 e. The zero-order chi connectivity index (χ0) is 17.8. The average Bonchev–Trinajstić information content (AvgIpc) is 3.08. The molecule has 9 nitrogen and oxygen atoms in total. The third-order valence-corrected chi connectivity index (χ3v) is 3.17. The monoisotopic (exact) mass is 330 g/mol. The van der Waals surface area contributed by atoms with E-state index in [1.54, 1.807) is 6.92 Å². The molecule has 1 unspecified atom stereocenters. The lowest BCUT2D eigenvalue weighted by atomic mass is 10.2. The van der Waals surface area contributed by atoms with Crippen LogP contribution in [0, 0.1) is 0 Å². The van der Waals surface area contributed by atoms with Gasteiger partial charge in [0.05, 0.1) is 13.1 Å². The number of rotatable bonds is 6. The minimum Gasteiger partial charge on any atom is -0.345 e. The minimum atomic E-state index is -0.759. The minimum absolute atomic E-state index is 0.0864. The highest BCUT2D eigenvalue weighted by Crippen LogP contribution is 2.18. The Kier molecular flexibility index (Phi) is 10.3. The lowest BCUT2D eigenvalue weighted by molar-refractivity contribution is -0.138. The van der Waals surface area contributed by atoms with Gasteiger partial charge in [-0.15, -0.1) is 0 Å². The van der Waals surface area contributed by atoms with Crippen molar-refractivity contribution in [1.29, 1.82) is 0 Å². The van der Waals surface area contributed by atoms with Crippen LogP contribution >= 0.6 is 0 Å². The molecule has 1 heterocycles. The summed E-state index contributed by atoms with van der Waals surface area (Å²) in [4.78, 5) is 47.3. The summed E-state index contributed by atoms with van der Waals surface area (Å²) < 4.78 is 0. The van der Waals surface area contributed by atoms with Gasteiger partial charge >= 0.3 is 0 Å². The van der Waals surface area contributed by atoms with E-state index in [0.717, 1.165) is 6.42 Å². The summed E-state index contributed by atoms with van der Waals surface area (Å²) in [5.74, 6) is -1.78. The maximum Gasteiger partial charge on any atom is 0.262 e. The molecule has 0 saturated carbocycles. The van der Waals surface area contributed by atoms with Gasteiger partial charge in [-0.1, -0.05) is 20.8 Å². The van der Waals surface area contributed by atoms with E-state index in [1.807, 2.05) is 13.8 Å². The molecular formula is C14H26N4O5. The average molecular weight is 330 g/mol. The molecule has 1 aliphatic heterocycles. The Bertz CT molecular complexity index is 427. The molecule has 23 heavy (non-hydrogen) atoms. The van der Waals surface area contributed by atoms with Crippen LogP contribution < -0.4 is 16.1 Å². The Labute approximate surface area is 135 Å². The molecule has 9 heteroatoms. The molecule has 0 aliphatic carbocycles. The van der Waals surface area contributed by atoms with E-state index in [1.165, 1.54) is 10.4 Å². The maximum atomic E-state index is 12.0. The maximum absolute atomic E-state index is 12.0. The molecule has 0 aromatic heterocycles. The fraction of sp³-hybridized carbons (Fsp3) is 0.714. The summed E-state index contributed by atoms with van der Waals surface area (Å²) in [5, 5.41) is 12.9. The van der Waals surface area contributed by atoms with E-state index in [9.17, 15) is 19.2 Å². The second-order valence-corrected chi connectivity index (χ2v) is 4.63. The Morgan fingerprint density at radius 1 is 1.09 bits per heavy atom. The van der Waals surface area contributed by atoms with Crippen molar-refractivity contribution in [1.82, 2.24) is 21.0 Å². The molecule has 1 saturated heterocycles. The van der Waals surface area contributed by atoms with Crippen molar-refractivity contribution in [3.05, 3.63) is 0 Å². The standard InChI is InChI=1S/C12H20N4O5.C2H6/c1-2-11(19)16-5-3-4-8(16)12(20)14-6-9(17)13-7-10(18)15-21;1-2/h8,21H,2-7H2,1H3,(H,13,17)(H,14,20)(H,15,18);1-2H3. The Balaban J connectivity index is 0.00000232. The van der Waals surface area contributed by atoms with Crippen molar-refractivity contribution < 1.29 is 24.4 Å². The van der Waals surface area contributed by atoms with E-state index >= 15 is 0 Å². The van der Waals surface area contributed by atoms with Gasteiger partial charge in [-0.2, -0.15) is 0 Å². The van der Waals surface area contributed by atoms with Gasteiger partial charge in [-0.05, 0) is 12.8 Å². The molecule has 132 valence electrons. The van der Waals surface area contributed by atoms with Crippen molar-refractivity contribution in [2.24, 2.45) is 0 Å². The van der Waals surface area contributed by atoms with Crippen molar-refractivity contribution in [3.63, 3.8) is 0 Å². The van der Waals surface area contributed by atoms with Crippen LogP contribution in [0.1, 0.15) is 40.0 Å². The summed E-state index contributed by atoms with van der Waals surface area (Å²) in [6.45, 7) is 5.61. The van der Waals surface area contributed by atoms with Crippen LogP contribution in [-0.4, -0.2) is 59.4 Å². The number of nitrogens with zero attached hydrogens (tertiary/aromatic N) is 1. The van der Waals surface area contributed by atoms with Crippen LogP contribution in [0.4, 0.5) is 0 Å². The van der Waals surface area contributed by atoms with Gasteiger partial charge in [0, 0.05) is 13.0 Å². The van der Waals surface area contributed by atoms with Gasteiger partial charge in [-0.3, -0.25) is 24.4 Å². The predicted molar refractivity (Wildman–Crippen MR) is 82.3 cm³/mol. The number of likely N-dealkylation sites (tertiary alicyclic amines) is 1. The van der Waals surface area contributed by atoms with Crippen molar-refractivity contribution in [2.45, 2.75) is 46.1 Å². The van der Waals surface area contributed by atoms with Gasteiger partial charge in [-0.25, -0.2) is 5.48 Å². The smallest absolute Gasteiger partial charge is 0.262 e. The van der Waals surface area contributed by atoms with Crippen LogP contribution in [0.25, 0.3) is 0 Å². The van der Waals surface area contributed by atoms with Crippen LogP contribution in [-0.2, 0) is 19.2 Å². The molecule has 1 fully saturated rings. The van der Waals surface area contributed by atoms with E-state index in [4.69, 9.17) is 5.21 Å². The second-order valence-electron chi connectivity index (χ2n) is 4.63. The fourth-order valence-electron chi connectivity index (χ4n) is 2.11. The summed E-state index contributed by atoms with van der Waals surface area (Å²) in [6, 6.07) is -0.536. The highest BCUT2D eigenvalue weighted by Gasteiger charge is 2.33. The number of amides is 4. The molecule has 0 aromatic rings. The van der Waals surface area contributed by atoms with Gasteiger partial charge in [0.25, 0.3) is 5.91 Å². The summed E-state index contributed by atoms with van der Waals surface area (Å²) in [6.07, 6.45) is 1.67. The number of hydroxylamine groups is 1. The molecular weight excluding hydrogens is 304 g/mol. The van der Waals surface area contributed by atoms with Crippen LogP contribution in [0.2, 0.25) is 0 Å². The summed E-state index contributed by atoms with van der Waals surface area (Å²) in [7, 11) is 0. The lowest BCUT2D eigenvalue weighted by Crippen LogP contribution is -2.48. The molecule has 0 radical (unpaired) electrons. The number of nitrogens with one attached hydrogen (secondary N) is 3. The first-order valence-corrected chi connectivity index (χ1v) is 7.76. The van der Waals surface area contributed by atoms with Crippen LogP contribution in [0.15, 0.2) is 0 Å². The molecule has 1 atom stereocenters. The van der Waals surface area contributed by atoms with Gasteiger partial charge in [0.1, 0.15) is 6.04 Å². The number of hydrogen-bond acceptors (Lipinski definition) is 5. The summed E-state index contributed by atoms with van der Waals surface area (Å²) in [5.41, 5.74) is 1.37. The number of hydrogen-bond donors (Lipinski definition) is 4. The van der Waals surface area contributed by atoms with Gasteiger partial charge < -0.3 is 15.5 Å². The lowest BCUT2D eigenvalue weighted by Gasteiger charge is -2.23. The molecule has 0 spiro atoms. The Morgan fingerprint density at radius 2 is 1.70 bits per heavy atom. The Hall–Kier alpha value is -2.16. The Morgan fingerprint density at radius 3 is 2.26 bits per heavy atom. The van der Waals surface area contributed by atoms with Gasteiger partial charge in [0.2, 0.25) is 17.7 Å². The quantitative estimate of drug-likeness (QED) is 0.373. The summed E-state index contributed by atoms with van der Waals surface area (Å²) >= 11 is 0. The highest BCUT2D eigenvalue weighted by atomic mass is 16.5. The first kappa shape index (κ1) is 20.8. The normalized spacial score (nSPS) is 16.0. The molecule has 4 N–H and O–H groups in total. The SMILES string of the molecule is CC.CCC(=O)N1CCCC1C(=O)NCC(=O)NCC(=O)NO. The number of carbonyl (C=O) groups is 4. The van der Waals surface area contributed by atoms with Crippen molar-refractivity contribution in [3.8, 4) is 0 Å². The van der Waals surface area contributed by atoms with Crippen LogP contribution in [0.5, 0.6) is 0 Å². The fourth-order valence-corrected chi connectivity index (χ4v) is 2.11. The molecule has 4 amide bonds. The zero-order valence-corrected chi connectivity index (χ0v) is 13.8. The first-order valence-electron chi connectivity index (χ1n) is 7.76. The van der Waals surface area contributed by atoms with Crippen molar-refractivity contribution >= 4 is 23.6 Å². The van der Waals surface area contributed by atoms with E-state index in [2.05, 4.69) is 10.6 Å². The molecule has 1 aliphatic rings.